The monoisotopic (exact) mass is 159 g/mol. The molecule has 0 unspecified atom stereocenters. The van der Waals surface area contributed by atoms with Crippen molar-refractivity contribution in [2.45, 2.75) is 6.92 Å². The number of benzene rings is 1. The molecule has 0 atom stereocenters. The normalized spacial score (nSPS) is 10.4. The molecule has 0 amide bonds. The number of phenolic OH excluding ortho intramolecular Hbond substituents is 1. The second-order valence-corrected chi connectivity index (χ2v) is 2.88. The molecule has 0 fully saturated rings. The number of phenols is 1. The fraction of sp³-hybridized carbons (Fsp3) is 0.100. The van der Waals surface area contributed by atoms with Crippen molar-refractivity contribution in [3.8, 4) is 5.75 Å². The first kappa shape index (κ1) is 7.10. The van der Waals surface area contributed by atoms with Crippen molar-refractivity contribution >= 4 is 10.8 Å². The Morgan fingerprint density at radius 3 is 3.00 bits per heavy atom. The third-order valence-electron chi connectivity index (χ3n) is 1.88. The average Bonchev–Trinajstić information content (AvgIpc) is 2.04. The molecule has 2 rings (SSSR count). The summed E-state index contributed by atoms with van der Waals surface area (Å²) in [6.07, 6.45) is 3.39. The molecule has 2 heteroatoms. The third kappa shape index (κ3) is 1.01. The quantitative estimate of drug-likeness (QED) is 0.639. The van der Waals surface area contributed by atoms with Gasteiger partial charge in [0.15, 0.2) is 0 Å². The molecule has 0 radical (unpaired) electrons. The number of fused-ring (bicyclic) bond motifs is 1. The molecule has 2 nitrogen and oxygen atoms in total. The summed E-state index contributed by atoms with van der Waals surface area (Å²) in [5.41, 5.74) is 1.06. The maximum atomic E-state index is 9.51. The summed E-state index contributed by atoms with van der Waals surface area (Å²) in [6.45, 7) is 1.96. The van der Waals surface area contributed by atoms with Gasteiger partial charge in [-0.15, -0.1) is 0 Å². The molecule has 0 bridgehead atoms. The molecule has 0 saturated carbocycles. The molecule has 0 aliphatic carbocycles. The molecular weight excluding hydrogens is 150 g/mol. The predicted molar refractivity (Wildman–Crippen MR) is 48.1 cm³/mol. The number of nitrogens with zero attached hydrogens (tertiary/aromatic N) is 1. The molecule has 0 aliphatic heterocycles. The number of hydrogen-bond acceptors (Lipinski definition) is 2. The number of aromatic hydroxyl groups is 1. The minimum atomic E-state index is 0.304. The first-order valence-electron chi connectivity index (χ1n) is 3.81. The van der Waals surface area contributed by atoms with E-state index in [4.69, 9.17) is 0 Å². The predicted octanol–water partition coefficient (Wildman–Crippen LogP) is 2.25. The number of aromatic nitrogens is 1. The van der Waals surface area contributed by atoms with Crippen molar-refractivity contribution in [3.05, 3.63) is 36.2 Å². The van der Waals surface area contributed by atoms with Gasteiger partial charge < -0.3 is 5.11 Å². The van der Waals surface area contributed by atoms with Gasteiger partial charge in [0.1, 0.15) is 5.75 Å². The lowest BCUT2D eigenvalue weighted by Crippen LogP contribution is -1.78. The van der Waals surface area contributed by atoms with Crippen molar-refractivity contribution in [2.24, 2.45) is 0 Å². The Bertz CT molecular complexity index is 423. The fourth-order valence-electron chi connectivity index (χ4n) is 1.33. The second kappa shape index (κ2) is 2.48. The van der Waals surface area contributed by atoms with Crippen LogP contribution in [-0.4, -0.2) is 10.1 Å². The molecular formula is C10H9NO. The van der Waals surface area contributed by atoms with E-state index in [1.807, 2.05) is 19.1 Å². The first-order chi connectivity index (χ1) is 5.77. The van der Waals surface area contributed by atoms with Crippen molar-refractivity contribution < 1.29 is 5.11 Å². The first-order valence-corrected chi connectivity index (χ1v) is 3.81. The lowest BCUT2D eigenvalue weighted by atomic mass is 10.1. The zero-order valence-electron chi connectivity index (χ0n) is 6.78. The van der Waals surface area contributed by atoms with Crippen LogP contribution in [0.15, 0.2) is 30.6 Å². The van der Waals surface area contributed by atoms with Crippen LogP contribution in [0.2, 0.25) is 0 Å². The van der Waals surface area contributed by atoms with E-state index in [9.17, 15) is 5.11 Å². The topological polar surface area (TPSA) is 33.1 Å². The van der Waals surface area contributed by atoms with Crippen molar-refractivity contribution in [2.75, 3.05) is 0 Å². The number of rotatable bonds is 0. The molecule has 0 saturated heterocycles. The van der Waals surface area contributed by atoms with E-state index in [2.05, 4.69) is 4.98 Å². The van der Waals surface area contributed by atoms with Gasteiger partial charge in [0.25, 0.3) is 0 Å². The van der Waals surface area contributed by atoms with Crippen LogP contribution in [0.5, 0.6) is 5.75 Å². The van der Waals surface area contributed by atoms with Crippen LogP contribution in [0, 0.1) is 6.92 Å². The second-order valence-electron chi connectivity index (χ2n) is 2.88. The fourth-order valence-corrected chi connectivity index (χ4v) is 1.33. The van der Waals surface area contributed by atoms with Crippen molar-refractivity contribution in [1.82, 2.24) is 4.98 Å². The highest BCUT2D eigenvalue weighted by Crippen LogP contribution is 2.24. The standard InChI is InChI=1S/C10H9NO/c1-7-4-8-2-3-11-6-9(8)10(12)5-7/h2-6,12H,1H3. The Balaban J connectivity index is 2.89. The van der Waals surface area contributed by atoms with E-state index in [0.29, 0.717) is 5.75 Å². The summed E-state index contributed by atoms with van der Waals surface area (Å²) < 4.78 is 0. The van der Waals surface area contributed by atoms with Gasteiger partial charge in [0, 0.05) is 17.8 Å². The minimum Gasteiger partial charge on any atom is -0.507 e. The van der Waals surface area contributed by atoms with Gasteiger partial charge in [0.05, 0.1) is 0 Å². The Morgan fingerprint density at radius 1 is 1.33 bits per heavy atom. The maximum Gasteiger partial charge on any atom is 0.125 e. The van der Waals surface area contributed by atoms with Crippen LogP contribution in [0.25, 0.3) is 10.8 Å². The zero-order valence-corrected chi connectivity index (χ0v) is 6.78. The highest BCUT2D eigenvalue weighted by atomic mass is 16.3. The highest BCUT2D eigenvalue weighted by molar-refractivity contribution is 5.87. The smallest absolute Gasteiger partial charge is 0.125 e. The highest BCUT2D eigenvalue weighted by Gasteiger charge is 1.98. The van der Waals surface area contributed by atoms with Crippen LogP contribution in [0.4, 0.5) is 0 Å². The Labute approximate surface area is 70.5 Å². The largest absolute Gasteiger partial charge is 0.507 e. The Hall–Kier alpha value is -1.57. The summed E-state index contributed by atoms with van der Waals surface area (Å²) in [5.74, 6) is 0.304. The number of aryl methyl sites for hydroxylation is 1. The van der Waals surface area contributed by atoms with Gasteiger partial charge in [-0.1, -0.05) is 6.07 Å². The average molecular weight is 159 g/mol. The molecule has 1 heterocycles. The van der Waals surface area contributed by atoms with Gasteiger partial charge in [0.2, 0.25) is 0 Å². The van der Waals surface area contributed by atoms with Crippen molar-refractivity contribution in [1.29, 1.82) is 0 Å². The summed E-state index contributed by atoms with van der Waals surface area (Å²) in [6, 6.07) is 5.66. The molecule has 2 aromatic rings. The van der Waals surface area contributed by atoms with Crippen LogP contribution in [0.3, 0.4) is 0 Å². The minimum absolute atomic E-state index is 0.304. The molecule has 1 aromatic carbocycles. The number of pyridine rings is 1. The molecule has 1 N–H and O–H groups in total. The molecule has 60 valence electrons. The van der Waals surface area contributed by atoms with Crippen molar-refractivity contribution in [3.63, 3.8) is 0 Å². The lowest BCUT2D eigenvalue weighted by Gasteiger charge is -2.00. The van der Waals surface area contributed by atoms with Gasteiger partial charge >= 0.3 is 0 Å². The van der Waals surface area contributed by atoms with Gasteiger partial charge in [-0.25, -0.2) is 0 Å². The maximum absolute atomic E-state index is 9.51. The summed E-state index contributed by atoms with van der Waals surface area (Å²) in [5, 5.41) is 11.4. The third-order valence-corrected chi connectivity index (χ3v) is 1.88. The van der Waals surface area contributed by atoms with Gasteiger partial charge in [-0.3, -0.25) is 4.98 Å². The van der Waals surface area contributed by atoms with Gasteiger partial charge in [-0.2, -0.15) is 0 Å². The van der Waals surface area contributed by atoms with E-state index in [1.165, 1.54) is 0 Å². The van der Waals surface area contributed by atoms with Crippen LogP contribution < -0.4 is 0 Å². The van der Waals surface area contributed by atoms with Gasteiger partial charge in [-0.05, 0) is 30.0 Å². The Kier molecular flexibility index (Phi) is 1.47. The lowest BCUT2D eigenvalue weighted by molar-refractivity contribution is 0.481. The summed E-state index contributed by atoms with van der Waals surface area (Å²) >= 11 is 0. The van der Waals surface area contributed by atoms with E-state index >= 15 is 0 Å². The SMILES string of the molecule is Cc1cc(O)c2cnccc2c1. The summed E-state index contributed by atoms with van der Waals surface area (Å²) in [4.78, 5) is 3.94. The van der Waals surface area contributed by atoms with E-state index in [-0.39, 0.29) is 0 Å². The van der Waals surface area contributed by atoms with Crippen LogP contribution in [-0.2, 0) is 0 Å². The Morgan fingerprint density at radius 2 is 2.17 bits per heavy atom. The number of hydrogen-bond donors (Lipinski definition) is 1. The van der Waals surface area contributed by atoms with Crippen LogP contribution in [0.1, 0.15) is 5.56 Å². The molecule has 0 spiro atoms. The summed E-state index contributed by atoms with van der Waals surface area (Å²) in [7, 11) is 0. The molecule has 12 heavy (non-hydrogen) atoms. The molecule has 1 aromatic heterocycles. The molecule has 0 aliphatic rings. The van der Waals surface area contributed by atoms with E-state index in [0.717, 1.165) is 16.3 Å². The van der Waals surface area contributed by atoms with E-state index < -0.39 is 0 Å². The van der Waals surface area contributed by atoms with E-state index in [1.54, 1.807) is 18.5 Å². The zero-order chi connectivity index (χ0) is 8.55. The van der Waals surface area contributed by atoms with Crippen LogP contribution >= 0.6 is 0 Å².